The first-order valence-corrected chi connectivity index (χ1v) is 6.33. The van der Waals surface area contributed by atoms with Crippen molar-refractivity contribution < 1.29 is 19.4 Å². The van der Waals surface area contributed by atoms with Crippen LogP contribution < -0.4 is 0 Å². The van der Waals surface area contributed by atoms with E-state index in [-0.39, 0.29) is 0 Å². The van der Waals surface area contributed by atoms with Crippen LogP contribution in [-0.4, -0.2) is 37.0 Å². The van der Waals surface area contributed by atoms with Crippen molar-refractivity contribution in [3.05, 3.63) is 42.0 Å². The summed E-state index contributed by atoms with van der Waals surface area (Å²) in [4.78, 5) is 11.7. The Morgan fingerprint density at radius 3 is 2.84 bits per heavy atom. The summed E-state index contributed by atoms with van der Waals surface area (Å²) in [5.74, 6) is -1.09. The van der Waals surface area contributed by atoms with E-state index in [2.05, 4.69) is 0 Å². The van der Waals surface area contributed by atoms with E-state index in [1.165, 1.54) is 7.11 Å². The monoisotopic (exact) mass is 262 g/mol. The van der Waals surface area contributed by atoms with Crippen LogP contribution in [0.25, 0.3) is 6.08 Å². The highest BCUT2D eigenvalue weighted by molar-refractivity contribution is 5.74. The number of hydrogen-bond donors (Lipinski definition) is 1. The summed E-state index contributed by atoms with van der Waals surface area (Å²) in [6.45, 7) is 0.443. The maximum atomic E-state index is 11.7. The fourth-order valence-electron chi connectivity index (χ4n) is 2.20. The van der Waals surface area contributed by atoms with Crippen LogP contribution in [0.2, 0.25) is 0 Å². The van der Waals surface area contributed by atoms with Gasteiger partial charge in [0.15, 0.2) is 0 Å². The molecule has 19 heavy (non-hydrogen) atoms. The van der Waals surface area contributed by atoms with Crippen LogP contribution in [0.15, 0.2) is 36.4 Å². The molecule has 0 unspecified atom stereocenters. The van der Waals surface area contributed by atoms with Gasteiger partial charge in [-0.15, -0.1) is 0 Å². The van der Waals surface area contributed by atoms with Crippen LogP contribution in [-0.2, 0) is 14.3 Å². The summed E-state index contributed by atoms with van der Waals surface area (Å²) >= 11 is 0. The van der Waals surface area contributed by atoms with E-state index in [0.717, 1.165) is 5.56 Å². The van der Waals surface area contributed by atoms with Gasteiger partial charge in [-0.05, 0) is 12.0 Å². The zero-order valence-corrected chi connectivity index (χ0v) is 10.9. The largest absolute Gasteiger partial charge is 0.469 e. The van der Waals surface area contributed by atoms with Crippen LogP contribution in [0.4, 0.5) is 0 Å². The van der Waals surface area contributed by atoms with Gasteiger partial charge in [0, 0.05) is 6.61 Å². The maximum Gasteiger partial charge on any atom is 0.314 e. The average molecular weight is 262 g/mol. The molecule has 4 nitrogen and oxygen atoms in total. The topological polar surface area (TPSA) is 55.8 Å². The van der Waals surface area contributed by atoms with Gasteiger partial charge in [-0.25, -0.2) is 0 Å². The van der Waals surface area contributed by atoms with Crippen LogP contribution in [0, 0.1) is 5.92 Å². The number of rotatable bonds is 3. The molecule has 0 aliphatic carbocycles. The van der Waals surface area contributed by atoms with Crippen molar-refractivity contribution in [2.75, 3.05) is 13.7 Å². The molecular formula is C15H18O4. The van der Waals surface area contributed by atoms with Crippen LogP contribution in [0.3, 0.4) is 0 Å². The van der Waals surface area contributed by atoms with Crippen molar-refractivity contribution in [2.45, 2.75) is 18.6 Å². The van der Waals surface area contributed by atoms with Gasteiger partial charge in [-0.2, -0.15) is 0 Å². The quantitative estimate of drug-likeness (QED) is 0.841. The van der Waals surface area contributed by atoms with Gasteiger partial charge < -0.3 is 14.6 Å². The van der Waals surface area contributed by atoms with Crippen molar-refractivity contribution in [2.24, 2.45) is 5.92 Å². The van der Waals surface area contributed by atoms with E-state index in [1.54, 1.807) is 6.08 Å². The molecule has 0 spiro atoms. The average Bonchev–Trinajstić information content (AvgIpc) is 2.45. The SMILES string of the molecule is COC(=O)[C@H]1[C@@H](O)CCO[C@@H]1/C=C/c1ccccc1. The van der Waals surface area contributed by atoms with Gasteiger partial charge in [-0.1, -0.05) is 42.5 Å². The molecule has 2 rings (SSSR count). The van der Waals surface area contributed by atoms with E-state index in [1.807, 2.05) is 36.4 Å². The standard InChI is InChI=1S/C15H18O4/c1-18-15(17)14-12(16)9-10-19-13(14)8-7-11-5-3-2-4-6-11/h2-8,12-14,16H,9-10H2,1H3/b8-7+/t12-,13+,14-/m0/s1. The number of aliphatic hydroxyl groups is 1. The molecule has 1 aliphatic heterocycles. The lowest BCUT2D eigenvalue weighted by molar-refractivity contribution is -0.162. The van der Waals surface area contributed by atoms with E-state index >= 15 is 0 Å². The van der Waals surface area contributed by atoms with Crippen molar-refractivity contribution in [3.63, 3.8) is 0 Å². The second kappa shape index (κ2) is 6.50. The molecule has 1 aliphatic rings. The molecule has 0 radical (unpaired) electrons. The van der Waals surface area contributed by atoms with E-state index < -0.39 is 24.1 Å². The molecule has 0 bridgehead atoms. The number of methoxy groups -OCH3 is 1. The Bertz CT molecular complexity index is 441. The molecule has 1 heterocycles. The molecule has 1 fully saturated rings. The number of carbonyl (C=O) groups excluding carboxylic acids is 1. The number of carbonyl (C=O) groups is 1. The number of aliphatic hydroxyl groups excluding tert-OH is 1. The Balaban J connectivity index is 2.12. The highest BCUT2D eigenvalue weighted by atomic mass is 16.5. The third-order valence-electron chi connectivity index (χ3n) is 3.24. The van der Waals surface area contributed by atoms with Gasteiger partial charge >= 0.3 is 5.97 Å². The Morgan fingerprint density at radius 2 is 2.16 bits per heavy atom. The number of benzene rings is 1. The van der Waals surface area contributed by atoms with Crippen LogP contribution >= 0.6 is 0 Å². The molecule has 102 valence electrons. The summed E-state index contributed by atoms with van der Waals surface area (Å²) in [5.41, 5.74) is 1.02. The van der Waals surface area contributed by atoms with Gasteiger partial charge in [0.1, 0.15) is 5.92 Å². The normalized spacial score (nSPS) is 27.4. The molecule has 3 atom stereocenters. The predicted molar refractivity (Wildman–Crippen MR) is 71.3 cm³/mol. The van der Waals surface area contributed by atoms with Crippen molar-refractivity contribution in [1.82, 2.24) is 0 Å². The third-order valence-corrected chi connectivity index (χ3v) is 3.24. The summed E-state index contributed by atoms with van der Waals surface area (Å²) in [6, 6.07) is 9.74. The summed E-state index contributed by atoms with van der Waals surface area (Å²) < 4.78 is 10.3. The first kappa shape index (κ1) is 13.8. The van der Waals surface area contributed by atoms with Crippen molar-refractivity contribution in [3.8, 4) is 0 Å². The third kappa shape index (κ3) is 3.43. The zero-order chi connectivity index (χ0) is 13.7. The number of esters is 1. The summed E-state index contributed by atoms with van der Waals surface area (Å²) in [7, 11) is 1.32. The lowest BCUT2D eigenvalue weighted by atomic mass is 9.91. The summed E-state index contributed by atoms with van der Waals surface area (Å²) in [5, 5.41) is 9.92. The molecule has 4 heteroatoms. The Hall–Kier alpha value is -1.65. The fourth-order valence-corrected chi connectivity index (χ4v) is 2.20. The number of hydrogen-bond acceptors (Lipinski definition) is 4. The zero-order valence-electron chi connectivity index (χ0n) is 10.9. The number of ether oxygens (including phenoxy) is 2. The van der Waals surface area contributed by atoms with Crippen LogP contribution in [0.1, 0.15) is 12.0 Å². The smallest absolute Gasteiger partial charge is 0.314 e. The first-order chi connectivity index (χ1) is 9.22. The molecule has 0 amide bonds. The lowest BCUT2D eigenvalue weighted by Crippen LogP contribution is -2.44. The Labute approximate surface area is 112 Å². The van der Waals surface area contributed by atoms with Crippen molar-refractivity contribution >= 4 is 12.0 Å². The van der Waals surface area contributed by atoms with Crippen molar-refractivity contribution in [1.29, 1.82) is 0 Å². The minimum Gasteiger partial charge on any atom is -0.469 e. The minimum atomic E-state index is -0.716. The molecule has 1 aromatic rings. The molecule has 1 N–H and O–H groups in total. The molecule has 1 aromatic carbocycles. The van der Waals surface area contributed by atoms with Gasteiger partial charge in [0.05, 0.1) is 19.3 Å². The maximum absolute atomic E-state index is 11.7. The van der Waals surface area contributed by atoms with Gasteiger partial charge in [0.25, 0.3) is 0 Å². The Kier molecular flexibility index (Phi) is 4.71. The van der Waals surface area contributed by atoms with E-state index in [9.17, 15) is 9.90 Å². The molecule has 0 aromatic heterocycles. The molecule has 0 saturated carbocycles. The highest BCUT2D eigenvalue weighted by Crippen LogP contribution is 2.24. The van der Waals surface area contributed by atoms with Crippen LogP contribution in [0.5, 0.6) is 0 Å². The molecular weight excluding hydrogens is 244 g/mol. The lowest BCUT2D eigenvalue weighted by Gasteiger charge is -2.31. The van der Waals surface area contributed by atoms with Gasteiger partial charge in [0.2, 0.25) is 0 Å². The minimum absolute atomic E-state index is 0.435. The van der Waals surface area contributed by atoms with E-state index in [4.69, 9.17) is 9.47 Å². The Morgan fingerprint density at radius 1 is 1.42 bits per heavy atom. The fraction of sp³-hybridized carbons (Fsp3) is 0.400. The van der Waals surface area contributed by atoms with Gasteiger partial charge in [-0.3, -0.25) is 4.79 Å². The second-order valence-electron chi connectivity index (χ2n) is 4.51. The summed E-state index contributed by atoms with van der Waals surface area (Å²) in [6.07, 6.45) is 2.98. The second-order valence-corrected chi connectivity index (χ2v) is 4.51. The predicted octanol–water partition coefficient (Wildman–Crippen LogP) is 1.64. The molecule has 1 saturated heterocycles. The first-order valence-electron chi connectivity index (χ1n) is 6.33. The highest BCUT2D eigenvalue weighted by Gasteiger charge is 2.38. The van der Waals surface area contributed by atoms with E-state index in [0.29, 0.717) is 13.0 Å².